The molecule has 0 unspecified atom stereocenters. The topological polar surface area (TPSA) is 83.7 Å². The summed E-state index contributed by atoms with van der Waals surface area (Å²) in [4.78, 5) is 23.7. The Bertz CT molecular complexity index is 4770. The van der Waals surface area contributed by atoms with Crippen LogP contribution in [0.4, 0.5) is 0 Å². The van der Waals surface area contributed by atoms with Crippen molar-refractivity contribution in [2.24, 2.45) is 0 Å². The predicted octanol–water partition coefficient (Wildman–Crippen LogP) is 15.2. The molecule has 2 aliphatic carbocycles. The van der Waals surface area contributed by atoms with Crippen LogP contribution in [0.5, 0.6) is 0 Å². The summed E-state index contributed by atoms with van der Waals surface area (Å²) in [5.41, 5.74) is 26.1. The van der Waals surface area contributed by atoms with Crippen LogP contribution in [0.3, 0.4) is 0 Å². The molecule has 9 heteroatoms. The van der Waals surface area contributed by atoms with Crippen LogP contribution < -0.4 is 0 Å². The smallest absolute Gasteiger partial charge is 0.234 e. The Morgan fingerprint density at radius 1 is 0.368 bits per heavy atom. The normalized spacial score (nSPS) is 12.4. The van der Waals surface area contributed by atoms with Gasteiger partial charge < -0.3 is 9.13 Å². The van der Waals surface area contributed by atoms with Gasteiger partial charge >= 0.3 is 0 Å². The minimum Gasteiger partial charge on any atom is -0.307 e. The summed E-state index contributed by atoms with van der Waals surface area (Å²) in [5, 5.41) is 2.39. The molecule has 15 aromatic rings. The van der Waals surface area contributed by atoms with Crippen molar-refractivity contribution in [3.05, 3.63) is 259 Å². The fourth-order valence-electron chi connectivity index (χ4n) is 12.2. The van der Waals surface area contributed by atoms with Crippen LogP contribution in [0.2, 0.25) is 0 Å². The molecule has 0 aliphatic heterocycles. The van der Waals surface area contributed by atoms with E-state index >= 15 is 0 Å². The van der Waals surface area contributed by atoms with E-state index in [2.05, 4.69) is 200 Å². The molecule has 0 amide bonds. The van der Waals surface area contributed by atoms with E-state index in [0.29, 0.717) is 5.78 Å². The molecule has 0 fully saturated rings. The summed E-state index contributed by atoms with van der Waals surface area (Å²) >= 11 is 0. The molecule has 8 aromatic carbocycles. The average molecular weight is 974 g/mol. The lowest BCUT2D eigenvalue weighted by Gasteiger charge is -2.13. The lowest BCUT2D eigenvalue weighted by atomic mass is 10.0. The highest BCUT2D eigenvalue weighted by molar-refractivity contribution is 6.12. The van der Waals surface area contributed by atoms with E-state index in [1.54, 1.807) is 6.20 Å². The largest absolute Gasteiger partial charge is 0.307 e. The summed E-state index contributed by atoms with van der Waals surface area (Å²) in [6.45, 7) is 0. The Morgan fingerprint density at radius 2 is 0.895 bits per heavy atom. The van der Waals surface area contributed by atoms with Crippen molar-refractivity contribution in [1.82, 2.24) is 43.0 Å². The van der Waals surface area contributed by atoms with Crippen molar-refractivity contribution < 1.29 is 0 Å². The van der Waals surface area contributed by atoms with Gasteiger partial charge in [-0.1, -0.05) is 115 Å². The zero-order valence-corrected chi connectivity index (χ0v) is 41.0. The zero-order valence-electron chi connectivity index (χ0n) is 41.0. The van der Waals surface area contributed by atoms with Crippen LogP contribution >= 0.6 is 0 Å². The van der Waals surface area contributed by atoms with Gasteiger partial charge in [0.25, 0.3) is 0 Å². The first-order valence-corrected chi connectivity index (χ1v) is 25.7. The summed E-state index contributed by atoms with van der Waals surface area (Å²) in [6.07, 6.45) is 11.4. The molecule has 7 aromatic heterocycles. The second kappa shape index (κ2) is 16.6. The summed E-state index contributed by atoms with van der Waals surface area (Å²) in [6, 6.07) is 73.1. The lowest BCUT2D eigenvalue weighted by molar-refractivity contribution is 1.09. The summed E-state index contributed by atoms with van der Waals surface area (Å²) in [7, 11) is 0. The molecule has 2 aliphatic rings. The molecule has 9 nitrogen and oxygen atoms in total. The first-order chi connectivity index (χ1) is 37.7. The van der Waals surface area contributed by atoms with Crippen LogP contribution in [-0.2, 0) is 12.8 Å². The van der Waals surface area contributed by atoms with Crippen molar-refractivity contribution in [2.45, 2.75) is 12.8 Å². The van der Waals surface area contributed by atoms with E-state index in [0.717, 1.165) is 85.6 Å². The number of pyridine rings is 2. The summed E-state index contributed by atoms with van der Waals surface area (Å²) < 4.78 is 8.98. The maximum Gasteiger partial charge on any atom is 0.234 e. The number of para-hydroxylation sites is 2. The van der Waals surface area contributed by atoms with Crippen LogP contribution in [0.25, 0.3) is 123 Å². The van der Waals surface area contributed by atoms with Gasteiger partial charge in [0.1, 0.15) is 5.82 Å². The highest BCUT2D eigenvalue weighted by Crippen LogP contribution is 2.46. The number of imidazole rings is 2. The molecule has 0 radical (unpaired) electrons. The van der Waals surface area contributed by atoms with Gasteiger partial charge in [-0.15, -0.1) is 0 Å². The van der Waals surface area contributed by atoms with E-state index < -0.39 is 0 Å². The van der Waals surface area contributed by atoms with Crippen molar-refractivity contribution >= 4 is 60.7 Å². The van der Waals surface area contributed by atoms with Gasteiger partial charge in [-0.2, -0.15) is 0 Å². The Hall–Kier alpha value is -10.3. The van der Waals surface area contributed by atoms with Crippen molar-refractivity contribution in [1.29, 1.82) is 0 Å². The minimum atomic E-state index is 0.704. The van der Waals surface area contributed by atoms with Crippen LogP contribution in [0, 0.1) is 0 Å². The standard InChI is InChI=1S/C37H24N4.C30H19N5/c1-2-9-24(10-3-1)37-39-32-13-6-7-14-33(32)41(37)27-18-16-26(17-19-27)40-34-15-8-22-38-35(34)30-21-20-29-28-12-5-4-11-25(28)23-31(29)36(30)40;1-2-6-22-20(5-1)17-25-23(22)12-13-24-28-27(7-3-14-31-28)35(29(24)25)21-10-8-19(9-11-21)26-18-34-16-4-15-32-30(34)33-26/h1-22H,23H2;1-16,18H,17H2. The number of hydrogen-bond donors (Lipinski definition) is 0. The maximum atomic E-state index is 5.02. The van der Waals surface area contributed by atoms with Gasteiger partial charge in [-0.25, -0.2) is 15.0 Å². The van der Waals surface area contributed by atoms with E-state index in [-0.39, 0.29) is 0 Å². The molecule has 0 atom stereocenters. The molecule has 0 saturated carbocycles. The highest BCUT2D eigenvalue weighted by atomic mass is 15.1. The first-order valence-electron chi connectivity index (χ1n) is 25.7. The maximum absolute atomic E-state index is 5.02. The van der Waals surface area contributed by atoms with Crippen LogP contribution in [0.1, 0.15) is 22.3 Å². The Labute approximate surface area is 435 Å². The molecule has 356 valence electrons. The van der Waals surface area contributed by atoms with Crippen molar-refractivity contribution in [3.8, 4) is 62.0 Å². The number of rotatable bonds is 5. The number of benzene rings is 8. The molecular weight excluding hydrogens is 931 g/mol. The molecule has 76 heavy (non-hydrogen) atoms. The van der Waals surface area contributed by atoms with E-state index in [1.807, 2.05) is 59.5 Å². The second-order valence-electron chi connectivity index (χ2n) is 19.7. The first kappa shape index (κ1) is 42.3. The third-order valence-electron chi connectivity index (χ3n) is 15.5. The van der Waals surface area contributed by atoms with Crippen molar-refractivity contribution in [3.63, 3.8) is 0 Å². The Kier molecular flexibility index (Phi) is 9.26. The highest BCUT2D eigenvalue weighted by Gasteiger charge is 2.27. The lowest BCUT2D eigenvalue weighted by Crippen LogP contribution is -2.00. The van der Waals surface area contributed by atoms with Crippen molar-refractivity contribution in [2.75, 3.05) is 0 Å². The summed E-state index contributed by atoms with van der Waals surface area (Å²) in [5.74, 6) is 1.64. The quantitative estimate of drug-likeness (QED) is 0.172. The second-order valence-corrected chi connectivity index (χ2v) is 19.7. The van der Waals surface area contributed by atoms with Gasteiger partial charge in [0, 0.05) is 82.8 Å². The van der Waals surface area contributed by atoms with Crippen LogP contribution in [0.15, 0.2) is 237 Å². The number of fused-ring (bicyclic) bond motifs is 16. The van der Waals surface area contributed by atoms with E-state index in [4.69, 9.17) is 15.0 Å². The molecular formula is C67H43N9. The zero-order chi connectivity index (χ0) is 49.8. The minimum absolute atomic E-state index is 0.704. The number of nitrogens with zero attached hydrogens (tertiary/aromatic N) is 9. The fraction of sp³-hybridized carbons (Fsp3) is 0.0299. The molecule has 17 rings (SSSR count). The predicted molar refractivity (Wildman–Crippen MR) is 306 cm³/mol. The van der Waals surface area contributed by atoms with Gasteiger partial charge in [0.05, 0.1) is 49.8 Å². The molecule has 0 N–H and O–H groups in total. The van der Waals surface area contributed by atoms with Gasteiger partial charge in [-0.3, -0.25) is 18.9 Å². The molecule has 0 spiro atoms. The monoisotopic (exact) mass is 973 g/mol. The molecule has 0 saturated heterocycles. The molecule has 7 heterocycles. The number of hydrogen-bond acceptors (Lipinski definition) is 5. The number of aromatic nitrogens is 9. The van der Waals surface area contributed by atoms with Gasteiger partial charge in [-0.05, 0) is 136 Å². The SMILES string of the molecule is c1ccc(-c2nc3ccccc3n2-c2ccc(-n3c4cccnc4c4ccc5c(c43)Cc3ccccc3-5)cc2)cc1.c1ccc2c(c1)Cc1c-2ccc2c3ncccc3n(-c3ccc(-c4cn5cccnc5n4)cc3)c12. The Balaban J connectivity index is 0.000000130. The average Bonchev–Trinajstić information content (AvgIpc) is 4.37. The van der Waals surface area contributed by atoms with E-state index in [1.165, 1.54) is 66.3 Å². The van der Waals surface area contributed by atoms with Gasteiger partial charge in [0.2, 0.25) is 5.78 Å². The third kappa shape index (κ3) is 6.42. The van der Waals surface area contributed by atoms with Crippen LogP contribution in [-0.4, -0.2) is 43.0 Å². The Morgan fingerprint density at radius 3 is 1.51 bits per heavy atom. The van der Waals surface area contributed by atoms with Gasteiger partial charge in [0.15, 0.2) is 0 Å². The molecule has 0 bridgehead atoms. The fourth-order valence-corrected chi connectivity index (χ4v) is 12.2. The van der Waals surface area contributed by atoms with E-state index in [9.17, 15) is 0 Å². The third-order valence-corrected chi connectivity index (χ3v) is 15.5.